The topological polar surface area (TPSA) is 92.4 Å². The van der Waals surface area contributed by atoms with Gasteiger partial charge in [0.25, 0.3) is 5.91 Å². The molecule has 0 aliphatic rings. The van der Waals surface area contributed by atoms with Gasteiger partial charge in [0.05, 0.1) is 17.1 Å². The lowest BCUT2D eigenvalue weighted by Crippen LogP contribution is -2.33. The number of carbonyl (C=O) groups excluding carboxylic acids is 2. The van der Waals surface area contributed by atoms with Gasteiger partial charge in [0.15, 0.2) is 0 Å². The molecule has 0 heterocycles. The van der Waals surface area contributed by atoms with Gasteiger partial charge in [0.1, 0.15) is 5.75 Å². The Morgan fingerprint density at radius 2 is 2.13 bits per heavy atom. The zero-order chi connectivity index (χ0) is 11.4. The lowest BCUT2D eigenvalue weighted by molar-refractivity contribution is -0.117. The number of primary amides is 1. The summed E-state index contributed by atoms with van der Waals surface area (Å²) < 4.78 is 0. The number of nitrogens with two attached hydrogens (primary N) is 1. The normalized spacial score (nSPS) is 9.67. The molecule has 0 aliphatic carbocycles. The van der Waals surface area contributed by atoms with Gasteiger partial charge in [-0.1, -0.05) is 11.6 Å². The van der Waals surface area contributed by atoms with E-state index in [1.165, 1.54) is 18.2 Å². The Balaban J connectivity index is 2.81. The van der Waals surface area contributed by atoms with Crippen LogP contribution in [0.25, 0.3) is 0 Å². The molecule has 0 spiro atoms. The maximum absolute atomic E-state index is 11.4. The van der Waals surface area contributed by atoms with Crippen molar-refractivity contribution in [2.45, 2.75) is 0 Å². The second kappa shape index (κ2) is 4.65. The summed E-state index contributed by atoms with van der Waals surface area (Å²) in [5.74, 6) is -1.29. The molecule has 1 aromatic carbocycles. The number of aromatic hydroxyl groups is 1. The third-order valence-electron chi connectivity index (χ3n) is 1.62. The molecule has 1 aromatic rings. The first-order valence-corrected chi connectivity index (χ1v) is 4.43. The van der Waals surface area contributed by atoms with Gasteiger partial charge in [-0.3, -0.25) is 9.59 Å². The first kappa shape index (κ1) is 11.3. The lowest BCUT2D eigenvalue weighted by atomic mass is 10.2. The average molecular weight is 229 g/mol. The van der Waals surface area contributed by atoms with E-state index in [1.54, 1.807) is 0 Å². The van der Waals surface area contributed by atoms with Crippen LogP contribution in [0.2, 0.25) is 5.02 Å². The van der Waals surface area contributed by atoms with Crippen LogP contribution in [-0.4, -0.2) is 23.5 Å². The maximum atomic E-state index is 11.4. The smallest absolute Gasteiger partial charge is 0.253 e. The van der Waals surface area contributed by atoms with Gasteiger partial charge in [0.2, 0.25) is 5.91 Å². The number of halogens is 1. The number of phenols is 1. The van der Waals surface area contributed by atoms with Gasteiger partial charge in [-0.25, -0.2) is 0 Å². The fourth-order valence-corrected chi connectivity index (χ4v) is 1.15. The van der Waals surface area contributed by atoms with Crippen LogP contribution in [0.5, 0.6) is 5.75 Å². The third kappa shape index (κ3) is 3.14. The minimum atomic E-state index is -0.653. The van der Waals surface area contributed by atoms with Gasteiger partial charge in [-0.15, -0.1) is 0 Å². The highest BCUT2D eigenvalue weighted by Crippen LogP contribution is 2.20. The van der Waals surface area contributed by atoms with Gasteiger partial charge in [-0.05, 0) is 18.2 Å². The summed E-state index contributed by atoms with van der Waals surface area (Å²) in [6.07, 6.45) is 0. The predicted molar refractivity (Wildman–Crippen MR) is 54.6 cm³/mol. The molecule has 1 rings (SSSR count). The van der Waals surface area contributed by atoms with E-state index in [2.05, 4.69) is 5.32 Å². The van der Waals surface area contributed by atoms with Crippen molar-refractivity contribution in [3.05, 3.63) is 28.8 Å². The molecule has 5 nitrogen and oxygen atoms in total. The fourth-order valence-electron chi connectivity index (χ4n) is 0.950. The van der Waals surface area contributed by atoms with E-state index in [4.69, 9.17) is 22.4 Å². The Hall–Kier alpha value is -1.75. The molecule has 6 heteroatoms. The summed E-state index contributed by atoms with van der Waals surface area (Å²) in [6, 6.07) is 3.95. The van der Waals surface area contributed by atoms with Crippen molar-refractivity contribution in [3.8, 4) is 5.75 Å². The highest BCUT2D eigenvalue weighted by Gasteiger charge is 2.11. The molecule has 0 bridgehead atoms. The Bertz CT molecular complexity index is 406. The number of hydrogen-bond donors (Lipinski definition) is 3. The van der Waals surface area contributed by atoms with Gasteiger partial charge in [0, 0.05) is 0 Å². The molecule has 0 unspecified atom stereocenters. The van der Waals surface area contributed by atoms with Crippen LogP contribution in [0.4, 0.5) is 0 Å². The first-order chi connectivity index (χ1) is 7.00. The van der Waals surface area contributed by atoms with Crippen LogP contribution in [0.1, 0.15) is 10.4 Å². The quantitative estimate of drug-likeness (QED) is 0.693. The summed E-state index contributed by atoms with van der Waals surface area (Å²) in [5.41, 5.74) is 4.95. The Labute approximate surface area is 90.8 Å². The molecule has 0 fully saturated rings. The Morgan fingerprint density at radius 3 is 2.73 bits per heavy atom. The van der Waals surface area contributed by atoms with Gasteiger partial charge < -0.3 is 16.2 Å². The van der Waals surface area contributed by atoms with E-state index in [1.807, 2.05) is 0 Å². The molecule has 4 N–H and O–H groups in total. The minimum absolute atomic E-state index is 0.0800. The fraction of sp³-hybridized carbons (Fsp3) is 0.111. The van der Waals surface area contributed by atoms with Crippen LogP contribution in [0.3, 0.4) is 0 Å². The molecule has 0 radical (unpaired) electrons. The lowest BCUT2D eigenvalue weighted by Gasteiger charge is -2.05. The molecule has 0 saturated heterocycles. The van der Waals surface area contributed by atoms with Crippen LogP contribution in [-0.2, 0) is 4.79 Å². The molecule has 0 atom stereocenters. The highest BCUT2D eigenvalue weighted by molar-refractivity contribution is 6.33. The molecule has 80 valence electrons. The van der Waals surface area contributed by atoms with Crippen molar-refractivity contribution in [2.75, 3.05) is 6.54 Å². The monoisotopic (exact) mass is 228 g/mol. The standard InChI is InChI=1S/C9H9ClN2O3/c10-7-2-1-5(13)3-6(7)9(15)12-4-8(11)14/h1-3,13H,4H2,(H2,11,14)(H,12,15). The summed E-state index contributed by atoms with van der Waals surface area (Å²) in [6.45, 7) is -0.273. The van der Waals surface area contributed by atoms with Crippen LogP contribution in [0.15, 0.2) is 18.2 Å². The molecule has 0 aliphatic heterocycles. The number of amides is 2. The predicted octanol–water partition coefficient (Wildman–Crippen LogP) is 0.261. The van der Waals surface area contributed by atoms with E-state index < -0.39 is 11.8 Å². The Morgan fingerprint density at radius 1 is 1.47 bits per heavy atom. The van der Waals surface area contributed by atoms with Crippen molar-refractivity contribution in [3.63, 3.8) is 0 Å². The number of phenolic OH excluding ortho intramolecular Hbond substituents is 1. The number of rotatable bonds is 3. The summed E-state index contributed by atoms with van der Waals surface area (Å²) in [5, 5.41) is 11.6. The summed E-state index contributed by atoms with van der Waals surface area (Å²) >= 11 is 5.72. The second-order valence-corrected chi connectivity index (χ2v) is 3.22. The number of hydrogen-bond acceptors (Lipinski definition) is 3. The molecular formula is C9H9ClN2O3. The van der Waals surface area contributed by atoms with Crippen LogP contribution in [0, 0.1) is 0 Å². The van der Waals surface area contributed by atoms with E-state index in [0.717, 1.165) is 0 Å². The molecular weight excluding hydrogens is 220 g/mol. The Kier molecular flexibility index (Phi) is 3.51. The molecule has 15 heavy (non-hydrogen) atoms. The zero-order valence-corrected chi connectivity index (χ0v) is 8.41. The summed E-state index contributed by atoms with van der Waals surface area (Å²) in [7, 11) is 0. The SMILES string of the molecule is NC(=O)CNC(=O)c1cc(O)ccc1Cl. The van der Waals surface area contributed by atoms with Crippen LogP contribution < -0.4 is 11.1 Å². The van der Waals surface area contributed by atoms with Crippen molar-refractivity contribution in [1.29, 1.82) is 0 Å². The maximum Gasteiger partial charge on any atom is 0.253 e. The third-order valence-corrected chi connectivity index (χ3v) is 1.95. The van der Waals surface area contributed by atoms with Crippen LogP contribution >= 0.6 is 11.6 Å². The largest absolute Gasteiger partial charge is 0.508 e. The van der Waals surface area contributed by atoms with Crippen molar-refractivity contribution < 1.29 is 14.7 Å². The first-order valence-electron chi connectivity index (χ1n) is 4.05. The molecule has 0 aromatic heterocycles. The van der Waals surface area contributed by atoms with E-state index in [-0.39, 0.29) is 22.9 Å². The van der Waals surface area contributed by atoms with Crippen molar-refractivity contribution in [2.24, 2.45) is 5.73 Å². The van der Waals surface area contributed by atoms with Crippen molar-refractivity contribution >= 4 is 23.4 Å². The molecule has 2 amide bonds. The van der Waals surface area contributed by atoms with E-state index >= 15 is 0 Å². The highest BCUT2D eigenvalue weighted by atomic mass is 35.5. The number of nitrogens with one attached hydrogen (secondary N) is 1. The van der Waals surface area contributed by atoms with E-state index in [9.17, 15) is 9.59 Å². The zero-order valence-electron chi connectivity index (χ0n) is 7.66. The average Bonchev–Trinajstić information content (AvgIpc) is 2.18. The molecule has 0 saturated carbocycles. The number of carbonyl (C=O) groups is 2. The van der Waals surface area contributed by atoms with E-state index in [0.29, 0.717) is 0 Å². The van der Waals surface area contributed by atoms with Crippen molar-refractivity contribution in [1.82, 2.24) is 5.32 Å². The van der Waals surface area contributed by atoms with Gasteiger partial charge >= 0.3 is 0 Å². The van der Waals surface area contributed by atoms with Gasteiger partial charge in [-0.2, -0.15) is 0 Å². The second-order valence-electron chi connectivity index (χ2n) is 2.81. The number of benzene rings is 1. The minimum Gasteiger partial charge on any atom is -0.508 e. The summed E-state index contributed by atoms with van der Waals surface area (Å²) in [4.78, 5) is 21.8.